The van der Waals surface area contributed by atoms with Gasteiger partial charge in [-0.2, -0.15) is 0 Å². The van der Waals surface area contributed by atoms with Gasteiger partial charge in [-0.3, -0.25) is 9.88 Å². The Kier molecular flexibility index (Phi) is 6.46. The number of anilines is 2. The van der Waals surface area contributed by atoms with Crippen molar-refractivity contribution in [2.24, 2.45) is 0 Å². The number of rotatable bonds is 7. The predicted octanol–water partition coefficient (Wildman–Crippen LogP) is 1.32. The number of hydrogen-bond donors (Lipinski definition) is 3. The lowest BCUT2D eigenvalue weighted by molar-refractivity contribution is 0.0372. The van der Waals surface area contributed by atoms with Gasteiger partial charge in [-0.15, -0.1) is 0 Å². The Morgan fingerprint density at radius 3 is 2.56 bits per heavy atom. The van der Waals surface area contributed by atoms with Crippen LogP contribution in [0.5, 0.6) is 0 Å². The number of piperazine rings is 1. The van der Waals surface area contributed by atoms with Gasteiger partial charge in [-0.05, 0) is 31.0 Å². The van der Waals surface area contributed by atoms with Gasteiger partial charge in [-0.1, -0.05) is 12.1 Å². The van der Waals surface area contributed by atoms with Crippen molar-refractivity contribution in [3.05, 3.63) is 42.7 Å². The summed E-state index contributed by atoms with van der Waals surface area (Å²) in [5.41, 5.74) is 4.50. The lowest BCUT2D eigenvalue weighted by Crippen LogP contribution is -2.52. The second-order valence-corrected chi connectivity index (χ2v) is 11.0. The van der Waals surface area contributed by atoms with E-state index in [4.69, 9.17) is 9.72 Å². The van der Waals surface area contributed by atoms with Gasteiger partial charge in [-0.25, -0.2) is 18.4 Å². The van der Waals surface area contributed by atoms with Crippen LogP contribution in [0.2, 0.25) is 0 Å². The molecule has 190 valence electrons. The lowest BCUT2D eigenvalue weighted by atomic mass is 10.1. The molecule has 2 aromatic heterocycles. The van der Waals surface area contributed by atoms with Crippen LogP contribution in [-0.2, 0) is 15.4 Å². The molecule has 2 saturated heterocycles. The van der Waals surface area contributed by atoms with Gasteiger partial charge in [0.2, 0.25) is 0 Å². The molecule has 1 atom stereocenters. The van der Waals surface area contributed by atoms with Crippen LogP contribution in [0, 0.1) is 0 Å². The highest BCUT2D eigenvalue weighted by Gasteiger charge is 2.52. The van der Waals surface area contributed by atoms with Crippen LogP contribution in [0.1, 0.15) is 12.8 Å². The third-order valence-corrected chi connectivity index (χ3v) is 8.80. The number of nitrogens with zero attached hydrogens (tertiary/aromatic N) is 5. The topological polar surface area (TPSA) is 113 Å². The Balaban J connectivity index is 1.18. The minimum Gasteiger partial charge on any atom is -0.374 e. The van der Waals surface area contributed by atoms with Crippen molar-refractivity contribution in [1.82, 2.24) is 25.2 Å². The van der Waals surface area contributed by atoms with Gasteiger partial charge in [0.25, 0.3) is 0 Å². The molecule has 1 aliphatic carbocycles. The molecule has 0 spiro atoms. The minimum atomic E-state index is -2.40. The second kappa shape index (κ2) is 9.89. The first-order chi connectivity index (χ1) is 17.6. The number of thiol groups is 1. The molecule has 36 heavy (non-hydrogen) atoms. The van der Waals surface area contributed by atoms with E-state index < -0.39 is 15.6 Å². The van der Waals surface area contributed by atoms with Crippen LogP contribution in [0.3, 0.4) is 0 Å². The number of pyridine rings is 1. The predicted molar refractivity (Wildman–Crippen MR) is 140 cm³/mol. The van der Waals surface area contributed by atoms with Crippen molar-refractivity contribution < 1.29 is 13.2 Å². The largest absolute Gasteiger partial charge is 0.374 e. The third kappa shape index (κ3) is 4.63. The maximum atomic E-state index is 11.7. The third-order valence-electron chi connectivity index (χ3n) is 7.39. The minimum absolute atomic E-state index is 0.0831. The summed E-state index contributed by atoms with van der Waals surface area (Å²) in [7, 11) is -2.40. The average Bonchev–Trinajstić information content (AvgIpc) is 3.75. The van der Waals surface area contributed by atoms with E-state index >= 15 is 0 Å². The molecule has 1 aromatic carbocycles. The molecule has 0 amide bonds. The normalized spacial score (nSPS) is 22.1. The highest BCUT2D eigenvalue weighted by Crippen LogP contribution is 2.43. The highest BCUT2D eigenvalue weighted by molar-refractivity contribution is 7.74. The summed E-state index contributed by atoms with van der Waals surface area (Å²) in [5, 5.41) is 6.77. The molecule has 4 heterocycles. The molecule has 3 fully saturated rings. The van der Waals surface area contributed by atoms with Gasteiger partial charge in [0.1, 0.15) is 10.4 Å². The number of ether oxygens (including phenoxy) is 1. The van der Waals surface area contributed by atoms with Crippen molar-refractivity contribution >= 4 is 33.2 Å². The Labute approximate surface area is 212 Å². The molecule has 0 radical (unpaired) electrons. The fourth-order valence-electron chi connectivity index (χ4n) is 5.15. The zero-order valence-electron chi connectivity index (χ0n) is 20.1. The zero-order chi connectivity index (χ0) is 24.5. The molecule has 2 aliphatic heterocycles. The highest BCUT2D eigenvalue weighted by atomic mass is 32.2. The van der Waals surface area contributed by atoms with Crippen LogP contribution in [-0.4, -0.2) is 91.7 Å². The quantitative estimate of drug-likeness (QED) is 0.403. The van der Waals surface area contributed by atoms with E-state index in [0.29, 0.717) is 19.0 Å². The van der Waals surface area contributed by atoms with E-state index in [1.165, 1.54) is 0 Å². The van der Waals surface area contributed by atoms with Crippen molar-refractivity contribution in [3.8, 4) is 11.3 Å². The Morgan fingerprint density at radius 1 is 1.08 bits per heavy atom. The van der Waals surface area contributed by atoms with Crippen molar-refractivity contribution in [2.75, 3.05) is 62.6 Å². The summed E-state index contributed by atoms with van der Waals surface area (Å²) in [6, 6.07) is 10.4. The SMILES string of the molecule is O=[SH](=O)C1(N2CCN(c3ccc(-c4cc5nccnc5c(NC[C@@H]5CNCCO5)n4)cc3)CC2)CC1. The maximum Gasteiger partial charge on any atom is 0.159 e. The van der Waals surface area contributed by atoms with Crippen LogP contribution < -0.4 is 15.5 Å². The molecule has 0 bridgehead atoms. The molecule has 3 aliphatic rings. The molecule has 0 unspecified atom stereocenters. The summed E-state index contributed by atoms with van der Waals surface area (Å²) >= 11 is 0. The molecule has 2 N–H and O–H groups in total. The molecule has 6 rings (SSSR count). The molecular formula is C25H31N7O3S. The van der Waals surface area contributed by atoms with E-state index in [-0.39, 0.29) is 6.10 Å². The van der Waals surface area contributed by atoms with Crippen LogP contribution >= 0.6 is 0 Å². The van der Waals surface area contributed by atoms with Gasteiger partial charge in [0.15, 0.2) is 16.5 Å². The van der Waals surface area contributed by atoms with Crippen LogP contribution in [0.25, 0.3) is 22.3 Å². The van der Waals surface area contributed by atoms with E-state index in [2.05, 4.69) is 54.7 Å². The first-order valence-electron chi connectivity index (χ1n) is 12.6. The summed E-state index contributed by atoms with van der Waals surface area (Å²) in [5.74, 6) is 0.704. The molecule has 3 aromatic rings. The van der Waals surface area contributed by atoms with Crippen LogP contribution in [0.15, 0.2) is 42.7 Å². The zero-order valence-corrected chi connectivity index (χ0v) is 21.0. The number of benzene rings is 1. The van der Waals surface area contributed by atoms with Crippen molar-refractivity contribution in [3.63, 3.8) is 0 Å². The Hall–Kier alpha value is -2.86. The van der Waals surface area contributed by atoms with E-state index in [0.717, 1.165) is 80.1 Å². The summed E-state index contributed by atoms with van der Waals surface area (Å²) in [6.45, 7) is 6.22. The van der Waals surface area contributed by atoms with Crippen LogP contribution in [0.4, 0.5) is 11.5 Å². The molecule has 1 saturated carbocycles. The van der Waals surface area contributed by atoms with E-state index in [9.17, 15) is 8.42 Å². The number of morpholine rings is 1. The van der Waals surface area contributed by atoms with E-state index in [1.807, 2.05) is 6.07 Å². The molecule has 10 nitrogen and oxygen atoms in total. The molecule has 11 heteroatoms. The summed E-state index contributed by atoms with van der Waals surface area (Å²) < 4.78 is 29.2. The number of fused-ring (bicyclic) bond motifs is 1. The summed E-state index contributed by atoms with van der Waals surface area (Å²) in [6.07, 6.45) is 5.00. The van der Waals surface area contributed by atoms with Gasteiger partial charge < -0.3 is 20.3 Å². The Morgan fingerprint density at radius 2 is 1.86 bits per heavy atom. The lowest BCUT2D eigenvalue weighted by Gasteiger charge is -2.38. The standard InChI is InChI=1S/C25H31N7O3S/c33-36(34)25(5-6-25)32-12-10-31(11-13-32)19-3-1-18(2-4-19)21-15-22-23(28-8-7-27-22)24(30-21)29-17-20-16-26-9-14-35-20/h1-4,7-8,15,20,26,36H,5-6,9-14,16-17H2,(H,29,30)/t20-/m0/s1. The van der Waals surface area contributed by atoms with Crippen molar-refractivity contribution in [1.29, 1.82) is 0 Å². The number of hydrogen-bond acceptors (Lipinski definition) is 10. The van der Waals surface area contributed by atoms with Crippen molar-refractivity contribution in [2.45, 2.75) is 23.8 Å². The average molecular weight is 510 g/mol. The summed E-state index contributed by atoms with van der Waals surface area (Å²) in [4.78, 5) is 17.8. The fraction of sp³-hybridized carbons (Fsp3) is 0.480. The van der Waals surface area contributed by atoms with E-state index in [1.54, 1.807) is 12.4 Å². The number of aromatic nitrogens is 3. The maximum absolute atomic E-state index is 11.7. The smallest absolute Gasteiger partial charge is 0.159 e. The Bertz CT molecular complexity index is 1290. The monoisotopic (exact) mass is 509 g/mol. The second-order valence-electron chi connectivity index (χ2n) is 9.62. The first-order valence-corrected chi connectivity index (χ1v) is 13.7. The van der Waals surface area contributed by atoms with Gasteiger partial charge >= 0.3 is 0 Å². The molecular weight excluding hydrogens is 478 g/mol. The fourth-order valence-corrected chi connectivity index (χ4v) is 6.06. The first kappa shape index (κ1) is 23.5. The number of nitrogens with one attached hydrogen (secondary N) is 2. The van der Waals surface area contributed by atoms with Gasteiger partial charge in [0.05, 0.1) is 23.9 Å². The van der Waals surface area contributed by atoms with Gasteiger partial charge in [0, 0.05) is 69.5 Å².